The number of carbonyl (C=O) groups is 1. The molecule has 26 heavy (non-hydrogen) atoms. The quantitative estimate of drug-likeness (QED) is 0.712. The van der Waals surface area contributed by atoms with Gasteiger partial charge in [0.15, 0.2) is 5.76 Å². The predicted octanol–water partition coefficient (Wildman–Crippen LogP) is 3.62. The summed E-state index contributed by atoms with van der Waals surface area (Å²) in [5, 5.41) is 8.45. The van der Waals surface area contributed by atoms with Crippen molar-refractivity contribution in [3.05, 3.63) is 63.5 Å². The summed E-state index contributed by atoms with van der Waals surface area (Å²) in [4.78, 5) is 16.6. The Morgan fingerprint density at radius 1 is 1.35 bits per heavy atom. The van der Waals surface area contributed by atoms with Gasteiger partial charge < -0.3 is 15.5 Å². The molecule has 1 aliphatic heterocycles. The molecule has 1 aromatic carbocycles. The number of fused-ring (bicyclic) bond motifs is 1. The van der Waals surface area contributed by atoms with Crippen molar-refractivity contribution in [3.63, 3.8) is 0 Å². The Morgan fingerprint density at radius 2 is 2.15 bits per heavy atom. The highest BCUT2D eigenvalue weighted by Crippen LogP contribution is 2.39. The van der Waals surface area contributed by atoms with Gasteiger partial charge in [-0.2, -0.15) is 4.98 Å². The molecule has 1 atom stereocenters. The highest BCUT2D eigenvalue weighted by molar-refractivity contribution is 6.35. The second-order valence-corrected chi connectivity index (χ2v) is 6.62. The molecule has 132 valence electrons. The number of nitrogens with two attached hydrogens (primary N) is 1. The zero-order chi connectivity index (χ0) is 18.4. The number of hydrogen-bond acceptors (Lipinski definition) is 5. The maximum absolute atomic E-state index is 12.1. The van der Waals surface area contributed by atoms with E-state index in [-0.39, 0.29) is 0 Å². The Labute approximate surface area is 158 Å². The van der Waals surface area contributed by atoms with Gasteiger partial charge in [-0.05, 0) is 31.2 Å². The molecule has 2 aromatic heterocycles. The number of furan rings is 1. The van der Waals surface area contributed by atoms with Gasteiger partial charge in [0.05, 0.1) is 11.8 Å². The fourth-order valence-corrected chi connectivity index (χ4v) is 3.50. The normalized spacial score (nSPS) is 16.3. The molecule has 0 saturated carbocycles. The van der Waals surface area contributed by atoms with E-state index in [0.717, 1.165) is 0 Å². The second-order valence-electron chi connectivity index (χ2n) is 5.78. The van der Waals surface area contributed by atoms with Crippen LogP contribution in [0.2, 0.25) is 10.0 Å². The molecule has 3 N–H and O–H groups in total. The van der Waals surface area contributed by atoms with Crippen molar-refractivity contribution in [2.45, 2.75) is 13.0 Å². The molecule has 0 bridgehead atoms. The monoisotopic (exact) mass is 389 g/mol. The zero-order valence-electron chi connectivity index (χ0n) is 13.5. The van der Waals surface area contributed by atoms with Crippen LogP contribution in [0, 0.1) is 0 Å². The van der Waals surface area contributed by atoms with E-state index in [2.05, 4.69) is 15.4 Å². The van der Waals surface area contributed by atoms with Gasteiger partial charge >= 0.3 is 0 Å². The summed E-state index contributed by atoms with van der Waals surface area (Å²) < 4.78 is 6.93. The van der Waals surface area contributed by atoms with Crippen LogP contribution in [-0.2, 0) is 4.79 Å². The summed E-state index contributed by atoms with van der Waals surface area (Å²) in [5.41, 5.74) is 7.21. The highest BCUT2D eigenvalue weighted by atomic mass is 35.5. The van der Waals surface area contributed by atoms with Gasteiger partial charge in [0.2, 0.25) is 17.7 Å². The number of nitrogens with one attached hydrogen (secondary N) is 1. The Kier molecular flexibility index (Phi) is 3.97. The lowest BCUT2D eigenvalue weighted by atomic mass is 9.95. The third-order valence-electron chi connectivity index (χ3n) is 4.12. The molecule has 4 rings (SSSR count). The maximum atomic E-state index is 12.1. The lowest BCUT2D eigenvalue weighted by Gasteiger charge is -2.28. The summed E-state index contributed by atoms with van der Waals surface area (Å²) in [5.74, 6) is 0.765. The third-order valence-corrected chi connectivity index (χ3v) is 4.68. The molecule has 0 saturated heterocycles. The number of hydrogen-bond donors (Lipinski definition) is 2. The van der Waals surface area contributed by atoms with E-state index < -0.39 is 11.9 Å². The van der Waals surface area contributed by atoms with Crippen molar-refractivity contribution in [2.24, 2.45) is 5.73 Å². The summed E-state index contributed by atoms with van der Waals surface area (Å²) in [6.07, 6.45) is 1.54. The fourth-order valence-electron chi connectivity index (χ4n) is 2.99. The van der Waals surface area contributed by atoms with Gasteiger partial charge in [-0.1, -0.05) is 29.3 Å². The van der Waals surface area contributed by atoms with Crippen molar-refractivity contribution in [2.75, 3.05) is 5.32 Å². The first-order chi connectivity index (χ1) is 12.5. The van der Waals surface area contributed by atoms with Crippen LogP contribution in [0.15, 0.2) is 52.3 Å². The smallest absolute Gasteiger partial charge is 0.248 e. The number of benzene rings is 1. The van der Waals surface area contributed by atoms with Crippen LogP contribution < -0.4 is 11.1 Å². The van der Waals surface area contributed by atoms with Crippen molar-refractivity contribution < 1.29 is 9.21 Å². The molecule has 1 aliphatic rings. The Bertz CT molecular complexity index is 1040. The minimum atomic E-state index is -0.635. The molecule has 1 unspecified atom stereocenters. The molecule has 0 aliphatic carbocycles. The Morgan fingerprint density at radius 3 is 2.81 bits per heavy atom. The number of amides is 1. The molecule has 0 radical (unpaired) electrons. The number of rotatable bonds is 3. The van der Waals surface area contributed by atoms with Gasteiger partial charge in [-0.3, -0.25) is 4.79 Å². The summed E-state index contributed by atoms with van der Waals surface area (Å²) in [6.45, 7) is 1.75. The van der Waals surface area contributed by atoms with Crippen LogP contribution in [0.25, 0.3) is 11.6 Å². The second kappa shape index (κ2) is 6.19. The highest BCUT2D eigenvalue weighted by Gasteiger charge is 2.34. The zero-order valence-corrected chi connectivity index (χ0v) is 15.0. The van der Waals surface area contributed by atoms with E-state index in [1.807, 2.05) is 0 Å². The molecule has 0 spiro atoms. The lowest BCUT2D eigenvalue weighted by Crippen LogP contribution is -2.32. The van der Waals surface area contributed by atoms with Crippen LogP contribution in [-0.4, -0.2) is 20.7 Å². The first-order valence-electron chi connectivity index (χ1n) is 7.68. The molecular formula is C17H13Cl2N5O2. The molecule has 3 aromatic rings. The number of allylic oxidation sites excluding steroid dienone is 1. The standard InChI is InChI=1S/C17H13Cl2N5O2/c1-8-13(15(20)25)14(10-5-4-9(18)7-11(10)19)24-17(21-8)22-16(23-24)12-3-2-6-26-12/h2-7,14H,1H3,(H2,20,25)(H,21,22,23). The van der Waals surface area contributed by atoms with Crippen LogP contribution in [0.5, 0.6) is 0 Å². The fraction of sp³-hybridized carbons (Fsp3) is 0.118. The molecule has 1 amide bonds. The number of primary amides is 1. The van der Waals surface area contributed by atoms with Crippen LogP contribution in [0.4, 0.5) is 5.95 Å². The van der Waals surface area contributed by atoms with Crippen LogP contribution in [0.3, 0.4) is 0 Å². The summed E-state index contributed by atoms with van der Waals surface area (Å²) in [7, 11) is 0. The van der Waals surface area contributed by atoms with Crippen LogP contribution >= 0.6 is 23.2 Å². The topological polar surface area (TPSA) is 99.0 Å². The first-order valence-corrected chi connectivity index (χ1v) is 8.44. The van der Waals surface area contributed by atoms with Gasteiger partial charge in [-0.15, -0.1) is 5.10 Å². The molecule has 7 nitrogen and oxygen atoms in total. The molecule has 9 heteroatoms. The number of aromatic nitrogens is 3. The SMILES string of the molecule is CC1=C(C(N)=O)C(c2ccc(Cl)cc2Cl)n2nc(-c3ccco3)nc2N1. The number of nitrogens with zero attached hydrogens (tertiary/aromatic N) is 3. The first kappa shape index (κ1) is 16.7. The van der Waals surface area contributed by atoms with E-state index in [4.69, 9.17) is 33.4 Å². The van der Waals surface area contributed by atoms with Crippen molar-refractivity contribution >= 4 is 35.1 Å². The lowest BCUT2D eigenvalue weighted by molar-refractivity contribution is -0.115. The van der Waals surface area contributed by atoms with E-state index in [1.54, 1.807) is 41.9 Å². The minimum absolute atomic E-state index is 0.345. The van der Waals surface area contributed by atoms with Crippen molar-refractivity contribution in [1.82, 2.24) is 14.8 Å². The number of anilines is 1. The summed E-state index contributed by atoms with van der Waals surface area (Å²) >= 11 is 12.4. The van der Waals surface area contributed by atoms with Gasteiger partial charge in [0.1, 0.15) is 6.04 Å². The van der Waals surface area contributed by atoms with E-state index in [9.17, 15) is 4.79 Å². The average Bonchev–Trinajstić information content (AvgIpc) is 3.22. The van der Waals surface area contributed by atoms with Gasteiger partial charge in [0.25, 0.3) is 0 Å². The largest absolute Gasteiger partial charge is 0.461 e. The molecular weight excluding hydrogens is 377 g/mol. The number of halogens is 2. The Balaban J connectivity index is 1.93. The Hall–Kier alpha value is -2.77. The summed E-state index contributed by atoms with van der Waals surface area (Å²) in [6, 6.07) is 7.91. The predicted molar refractivity (Wildman–Crippen MR) is 97.8 cm³/mol. The molecule has 3 heterocycles. The average molecular weight is 390 g/mol. The van der Waals surface area contributed by atoms with Crippen molar-refractivity contribution in [3.8, 4) is 11.6 Å². The third kappa shape index (κ3) is 2.65. The van der Waals surface area contributed by atoms with E-state index in [0.29, 0.717) is 44.4 Å². The van der Waals surface area contributed by atoms with Crippen LogP contribution in [0.1, 0.15) is 18.5 Å². The van der Waals surface area contributed by atoms with E-state index in [1.165, 1.54) is 6.26 Å². The van der Waals surface area contributed by atoms with Crippen molar-refractivity contribution in [1.29, 1.82) is 0 Å². The maximum Gasteiger partial charge on any atom is 0.248 e. The number of carbonyl (C=O) groups excluding carboxylic acids is 1. The van der Waals surface area contributed by atoms with Gasteiger partial charge in [0, 0.05) is 21.3 Å². The molecule has 0 fully saturated rings. The minimum Gasteiger partial charge on any atom is -0.461 e. The van der Waals surface area contributed by atoms with E-state index >= 15 is 0 Å². The van der Waals surface area contributed by atoms with Gasteiger partial charge in [-0.25, -0.2) is 4.68 Å².